The van der Waals surface area contributed by atoms with Crippen molar-refractivity contribution in [3.05, 3.63) is 0 Å². The minimum Gasteiger partial charge on any atom is -0.313 e. The van der Waals surface area contributed by atoms with Gasteiger partial charge in [0.2, 0.25) is 0 Å². The van der Waals surface area contributed by atoms with Gasteiger partial charge in [0.15, 0.2) is 0 Å². The predicted molar refractivity (Wildman–Crippen MR) is 67.1 cm³/mol. The maximum absolute atomic E-state index is 3.57. The van der Waals surface area contributed by atoms with Crippen LogP contribution in [0.2, 0.25) is 0 Å². The topological polar surface area (TPSA) is 12.0 Å². The van der Waals surface area contributed by atoms with Crippen LogP contribution in [-0.4, -0.2) is 23.1 Å². The first-order valence-electron chi connectivity index (χ1n) is 5.80. The Balaban J connectivity index is 2.44. The van der Waals surface area contributed by atoms with Crippen molar-refractivity contribution in [1.82, 2.24) is 5.32 Å². The third-order valence-electron chi connectivity index (χ3n) is 3.12. The Labute approximate surface area is 93.4 Å². The van der Waals surface area contributed by atoms with Crippen LogP contribution in [0.4, 0.5) is 0 Å². The van der Waals surface area contributed by atoms with Crippen LogP contribution in [0.5, 0.6) is 0 Å². The van der Waals surface area contributed by atoms with Gasteiger partial charge < -0.3 is 5.32 Å². The van der Waals surface area contributed by atoms with Crippen molar-refractivity contribution in [2.24, 2.45) is 0 Å². The van der Waals surface area contributed by atoms with Gasteiger partial charge in [0.25, 0.3) is 0 Å². The summed E-state index contributed by atoms with van der Waals surface area (Å²) in [7, 11) is 2.13. The van der Waals surface area contributed by atoms with Crippen LogP contribution in [0.25, 0.3) is 0 Å². The first kappa shape index (κ1) is 12.4. The molecule has 1 nitrogen and oxygen atoms in total. The molecule has 1 fully saturated rings. The molecule has 84 valence electrons. The van der Waals surface area contributed by atoms with Crippen molar-refractivity contribution in [1.29, 1.82) is 0 Å². The molecular weight excluding hydrogens is 190 g/mol. The molecule has 1 N–H and O–H groups in total. The SMILES string of the molecule is CNC1(CSC(C)(C)C)CCCCC1. The van der Waals surface area contributed by atoms with E-state index in [4.69, 9.17) is 0 Å². The Bertz CT molecular complexity index is 166. The zero-order chi connectivity index (χ0) is 10.7. The van der Waals surface area contributed by atoms with E-state index in [0.717, 1.165) is 0 Å². The minimum absolute atomic E-state index is 0.404. The Hall–Kier alpha value is 0.310. The van der Waals surface area contributed by atoms with E-state index in [-0.39, 0.29) is 0 Å². The molecule has 0 bridgehead atoms. The molecular formula is C12H25NS. The molecule has 0 aliphatic heterocycles. The molecule has 0 heterocycles. The van der Waals surface area contributed by atoms with Gasteiger partial charge in [-0.05, 0) is 19.9 Å². The number of nitrogens with one attached hydrogen (secondary N) is 1. The first-order valence-corrected chi connectivity index (χ1v) is 6.79. The molecule has 0 unspecified atom stereocenters. The summed E-state index contributed by atoms with van der Waals surface area (Å²) in [5.74, 6) is 1.27. The zero-order valence-electron chi connectivity index (χ0n) is 10.2. The second kappa shape index (κ2) is 4.89. The van der Waals surface area contributed by atoms with E-state index in [9.17, 15) is 0 Å². The summed E-state index contributed by atoms with van der Waals surface area (Å²) in [6.45, 7) is 6.93. The fourth-order valence-corrected chi connectivity index (χ4v) is 3.19. The highest BCUT2D eigenvalue weighted by Gasteiger charge is 2.31. The van der Waals surface area contributed by atoms with Gasteiger partial charge in [-0.15, -0.1) is 0 Å². The second-order valence-electron chi connectivity index (χ2n) is 5.49. The molecule has 0 atom stereocenters. The maximum atomic E-state index is 3.57. The standard InChI is InChI=1S/C12H25NS/c1-11(2,3)14-10-12(13-4)8-6-5-7-9-12/h13H,5-10H2,1-4H3. The summed E-state index contributed by atoms with van der Waals surface area (Å²) in [6.07, 6.45) is 6.99. The van der Waals surface area contributed by atoms with Crippen LogP contribution < -0.4 is 5.32 Å². The maximum Gasteiger partial charge on any atom is 0.0269 e. The highest BCUT2D eigenvalue weighted by atomic mass is 32.2. The van der Waals surface area contributed by atoms with E-state index in [1.54, 1.807) is 0 Å². The molecule has 2 heteroatoms. The number of hydrogen-bond donors (Lipinski definition) is 1. The van der Waals surface area contributed by atoms with Gasteiger partial charge in [-0.2, -0.15) is 11.8 Å². The quantitative estimate of drug-likeness (QED) is 0.774. The fraction of sp³-hybridized carbons (Fsp3) is 1.00. The van der Waals surface area contributed by atoms with Crippen molar-refractivity contribution in [2.45, 2.75) is 63.2 Å². The van der Waals surface area contributed by atoms with E-state index in [0.29, 0.717) is 10.3 Å². The molecule has 1 rings (SSSR count). The minimum atomic E-state index is 0.404. The third-order valence-corrected chi connectivity index (χ3v) is 4.69. The monoisotopic (exact) mass is 215 g/mol. The molecule has 1 aliphatic rings. The summed E-state index contributed by atoms with van der Waals surface area (Å²) >= 11 is 2.10. The van der Waals surface area contributed by atoms with Crippen LogP contribution in [0.1, 0.15) is 52.9 Å². The highest BCUT2D eigenvalue weighted by molar-refractivity contribution is 8.00. The average molecular weight is 215 g/mol. The lowest BCUT2D eigenvalue weighted by Gasteiger charge is -2.38. The van der Waals surface area contributed by atoms with E-state index in [2.05, 4.69) is 44.9 Å². The average Bonchev–Trinajstić information content (AvgIpc) is 2.15. The van der Waals surface area contributed by atoms with Gasteiger partial charge in [0.1, 0.15) is 0 Å². The van der Waals surface area contributed by atoms with Crippen LogP contribution in [0.15, 0.2) is 0 Å². The lowest BCUT2D eigenvalue weighted by Crippen LogP contribution is -2.47. The van der Waals surface area contributed by atoms with Gasteiger partial charge in [0, 0.05) is 16.0 Å². The van der Waals surface area contributed by atoms with Gasteiger partial charge in [0.05, 0.1) is 0 Å². The van der Waals surface area contributed by atoms with Gasteiger partial charge in [-0.25, -0.2) is 0 Å². The van der Waals surface area contributed by atoms with Crippen LogP contribution in [0, 0.1) is 0 Å². The largest absolute Gasteiger partial charge is 0.313 e. The normalized spacial score (nSPS) is 22.3. The van der Waals surface area contributed by atoms with Gasteiger partial charge >= 0.3 is 0 Å². The van der Waals surface area contributed by atoms with Crippen molar-refractivity contribution < 1.29 is 0 Å². The number of thioether (sulfide) groups is 1. The molecule has 0 spiro atoms. The summed E-state index contributed by atoms with van der Waals surface area (Å²) < 4.78 is 0.404. The summed E-state index contributed by atoms with van der Waals surface area (Å²) in [5.41, 5.74) is 0.441. The van der Waals surface area contributed by atoms with Crippen LogP contribution in [-0.2, 0) is 0 Å². The Morgan fingerprint density at radius 1 is 1.14 bits per heavy atom. The molecule has 0 aromatic rings. The van der Waals surface area contributed by atoms with E-state index < -0.39 is 0 Å². The number of hydrogen-bond acceptors (Lipinski definition) is 2. The van der Waals surface area contributed by atoms with E-state index in [1.165, 1.54) is 37.9 Å². The first-order chi connectivity index (χ1) is 6.47. The van der Waals surface area contributed by atoms with Crippen LogP contribution in [0.3, 0.4) is 0 Å². The molecule has 1 aliphatic carbocycles. The predicted octanol–water partition coefficient (Wildman–Crippen LogP) is 3.44. The molecule has 0 aromatic heterocycles. The summed E-state index contributed by atoms with van der Waals surface area (Å²) in [6, 6.07) is 0. The molecule has 0 saturated heterocycles. The number of rotatable bonds is 3. The summed E-state index contributed by atoms with van der Waals surface area (Å²) in [5, 5.41) is 3.57. The van der Waals surface area contributed by atoms with Crippen LogP contribution >= 0.6 is 11.8 Å². The Morgan fingerprint density at radius 2 is 1.71 bits per heavy atom. The van der Waals surface area contributed by atoms with Crippen molar-refractivity contribution >= 4 is 11.8 Å². The van der Waals surface area contributed by atoms with Crippen molar-refractivity contribution in [3.63, 3.8) is 0 Å². The third kappa shape index (κ3) is 3.82. The van der Waals surface area contributed by atoms with Gasteiger partial charge in [-0.1, -0.05) is 40.0 Å². The summed E-state index contributed by atoms with van der Waals surface area (Å²) in [4.78, 5) is 0. The smallest absolute Gasteiger partial charge is 0.0269 e. The lowest BCUT2D eigenvalue weighted by molar-refractivity contribution is 0.277. The Kier molecular flexibility index (Phi) is 4.32. The van der Waals surface area contributed by atoms with E-state index in [1.807, 2.05) is 0 Å². The Morgan fingerprint density at radius 3 is 2.14 bits per heavy atom. The highest BCUT2D eigenvalue weighted by Crippen LogP contribution is 2.34. The van der Waals surface area contributed by atoms with Crippen molar-refractivity contribution in [2.75, 3.05) is 12.8 Å². The zero-order valence-corrected chi connectivity index (χ0v) is 11.0. The van der Waals surface area contributed by atoms with Gasteiger partial charge in [-0.3, -0.25) is 0 Å². The van der Waals surface area contributed by atoms with E-state index >= 15 is 0 Å². The van der Waals surface area contributed by atoms with Crippen molar-refractivity contribution in [3.8, 4) is 0 Å². The molecule has 14 heavy (non-hydrogen) atoms. The molecule has 0 aromatic carbocycles. The second-order valence-corrected chi connectivity index (χ2v) is 7.29. The lowest BCUT2D eigenvalue weighted by atomic mass is 9.83. The molecule has 0 amide bonds. The fourth-order valence-electron chi connectivity index (χ4n) is 2.05. The molecule has 0 radical (unpaired) electrons. The molecule has 1 saturated carbocycles.